The van der Waals surface area contributed by atoms with Crippen molar-refractivity contribution in [2.45, 2.75) is 26.7 Å². The third-order valence-corrected chi connectivity index (χ3v) is 5.52. The van der Waals surface area contributed by atoms with E-state index < -0.39 is 17.5 Å². The number of nitrogens with zero attached hydrogens (tertiary/aromatic N) is 5. The Morgan fingerprint density at radius 1 is 1.24 bits per heavy atom. The number of hydrogen-bond acceptors (Lipinski definition) is 8. The summed E-state index contributed by atoms with van der Waals surface area (Å²) in [6.45, 7) is 5.08. The SMILES string of the molecule is CC(C)COC(=O)C1CCN(c2c(F)cncc2NC(=O)c2c(N)nn3cc(F)cnc23)CC1. The summed E-state index contributed by atoms with van der Waals surface area (Å²) in [6.07, 6.45) is 5.35. The third kappa shape index (κ3) is 4.75. The second-order valence-electron chi connectivity index (χ2n) is 8.56. The summed E-state index contributed by atoms with van der Waals surface area (Å²) in [6, 6.07) is 0. The molecule has 10 nitrogen and oxygen atoms in total. The third-order valence-electron chi connectivity index (χ3n) is 5.52. The molecule has 0 aliphatic carbocycles. The lowest BCUT2D eigenvalue weighted by atomic mass is 9.96. The van der Waals surface area contributed by atoms with E-state index in [-0.39, 0.29) is 46.2 Å². The lowest BCUT2D eigenvalue weighted by Crippen LogP contribution is -2.38. The van der Waals surface area contributed by atoms with Crippen molar-refractivity contribution in [2.75, 3.05) is 35.6 Å². The number of carbonyl (C=O) groups is 2. The molecule has 0 saturated carbocycles. The fraction of sp³-hybridized carbons (Fsp3) is 0.409. The van der Waals surface area contributed by atoms with Gasteiger partial charge in [0.15, 0.2) is 23.1 Å². The van der Waals surface area contributed by atoms with Crippen molar-refractivity contribution in [1.82, 2.24) is 19.6 Å². The number of carbonyl (C=O) groups excluding carboxylic acids is 2. The van der Waals surface area contributed by atoms with Crippen LogP contribution in [-0.2, 0) is 9.53 Å². The molecule has 3 aromatic rings. The van der Waals surface area contributed by atoms with Crippen LogP contribution in [0.3, 0.4) is 0 Å². The molecule has 1 amide bonds. The first-order valence-corrected chi connectivity index (χ1v) is 10.9. The molecule has 0 bridgehead atoms. The quantitative estimate of drug-likeness (QED) is 0.523. The summed E-state index contributed by atoms with van der Waals surface area (Å²) < 4.78 is 34.7. The molecule has 1 aliphatic heterocycles. The number of esters is 1. The van der Waals surface area contributed by atoms with Crippen molar-refractivity contribution in [3.05, 3.63) is 42.0 Å². The Hall–Kier alpha value is -3.83. The molecule has 3 aromatic heterocycles. The molecule has 4 rings (SSSR count). The Morgan fingerprint density at radius 2 is 1.97 bits per heavy atom. The van der Waals surface area contributed by atoms with Crippen LogP contribution in [-0.4, -0.2) is 51.2 Å². The minimum atomic E-state index is -0.688. The van der Waals surface area contributed by atoms with Gasteiger partial charge in [-0.2, -0.15) is 0 Å². The molecule has 1 fully saturated rings. The van der Waals surface area contributed by atoms with Crippen LogP contribution in [0.1, 0.15) is 37.0 Å². The topological polar surface area (TPSA) is 128 Å². The highest BCUT2D eigenvalue weighted by Gasteiger charge is 2.30. The first-order valence-electron chi connectivity index (χ1n) is 10.9. The highest BCUT2D eigenvalue weighted by molar-refractivity contribution is 6.12. The average Bonchev–Trinajstić information content (AvgIpc) is 3.12. The number of nitrogens with two attached hydrogens (primary N) is 1. The second-order valence-corrected chi connectivity index (χ2v) is 8.56. The van der Waals surface area contributed by atoms with E-state index in [0.717, 1.165) is 23.1 Å². The number of hydrogen-bond donors (Lipinski definition) is 2. The predicted molar refractivity (Wildman–Crippen MR) is 120 cm³/mol. The Labute approximate surface area is 194 Å². The zero-order valence-electron chi connectivity index (χ0n) is 18.8. The van der Waals surface area contributed by atoms with Crippen molar-refractivity contribution in [3.8, 4) is 0 Å². The molecule has 1 saturated heterocycles. The van der Waals surface area contributed by atoms with Gasteiger partial charge in [0.05, 0.1) is 43.0 Å². The highest BCUT2D eigenvalue weighted by atomic mass is 19.1. The van der Waals surface area contributed by atoms with E-state index in [4.69, 9.17) is 10.5 Å². The van der Waals surface area contributed by atoms with Crippen LogP contribution in [0.2, 0.25) is 0 Å². The number of ether oxygens (including phenoxy) is 1. The van der Waals surface area contributed by atoms with E-state index in [1.165, 1.54) is 6.20 Å². The predicted octanol–water partition coefficient (Wildman–Crippen LogP) is 2.65. The van der Waals surface area contributed by atoms with E-state index >= 15 is 0 Å². The normalized spacial score (nSPS) is 14.6. The zero-order chi connectivity index (χ0) is 24.4. The van der Waals surface area contributed by atoms with Gasteiger partial charge in [0.25, 0.3) is 5.91 Å². The number of aromatic nitrogens is 4. The molecule has 1 aliphatic rings. The fourth-order valence-corrected chi connectivity index (χ4v) is 3.88. The molecular formula is C22H25F2N7O3. The van der Waals surface area contributed by atoms with Crippen molar-refractivity contribution >= 4 is 34.7 Å². The van der Waals surface area contributed by atoms with E-state index in [1.807, 2.05) is 13.8 Å². The van der Waals surface area contributed by atoms with Gasteiger partial charge >= 0.3 is 5.97 Å². The van der Waals surface area contributed by atoms with Gasteiger partial charge in [-0.1, -0.05) is 13.8 Å². The van der Waals surface area contributed by atoms with Gasteiger partial charge in [-0.15, -0.1) is 5.10 Å². The Balaban J connectivity index is 1.52. The van der Waals surface area contributed by atoms with Gasteiger partial charge in [0, 0.05) is 13.1 Å². The first kappa shape index (κ1) is 23.3. The molecule has 180 valence electrons. The second kappa shape index (κ2) is 9.57. The lowest BCUT2D eigenvalue weighted by molar-refractivity contribution is -0.150. The van der Waals surface area contributed by atoms with Crippen molar-refractivity contribution in [2.24, 2.45) is 11.8 Å². The molecule has 12 heteroatoms. The fourth-order valence-electron chi connectivity index (χ4n) is 3.88. The Morgan fingerprint density at radius 3 is 2.68 bits per heavy atom. The molecule has 0 atom stereocenters. The summed E-state index contributed by atoms with van der Waals surface area (Å²) in [5, 5.41) is 6.53. The van der Waals surface area contributed by atoms with Gasteiger partial charge in [0.2, 0.25) is 0 Å². The minimum absolute atomic E-state index is 0.0584. The first-order chi connectivity index (χ1) is 16.2. The van der Waals surface area contributed by atoms with Crippen LogP contribution in [0, 0.1) is 23.5 Å². The minimum Gasteiger partial charge on any atom is -0.465 e. The van der Waals surface area contributed by atoms with Crippen LogP contribution in [0.5, 0.6) is 0 Å². The van der Waals surface area contributed by atoms with Gasteiger partial charge in [0.1, 0.15) is 11.3 Å². The molecule has 34 heavy (non-hydrogen) atoms. The van der Waals surface area contributed by atoms with Crippen LogP contribution in [0.4, 0.5) is 26.0 Å². The van der Waals surface area contributed by atoms with Crippen LogP contribution >= 0.6 is 0 Å². The zero-order valence-corrected chi connectivity index (χ0v) is 18.8. The van der Waals surface area contributed by atoms with E-state index in [1.54, 1.807) is 4.90 Å². The van der Waals surface area contributed by atoms with E-state index in [9.17, 15) is 18.4 Å². The number of nitrogens with one attached hydrogen (secondary N) is 1. The monoisotopic (exact) mass is 473 g/mol. The molecule has 4 heterocycles. The molecule has 0 spiro atoms. The van der Waals surface area contributed by atoms with Crippen molar-refractivity contribution in [1.29, 1.82) is 0 Å². The van der Waals surface area contributed by atoms with E-state index in [0.29, 0.717) is 32.5 Å². The number of pyridine rings is 1. The number of rotatable bonds is 6. The number of nitrogen functional groups attached to an aromatic ring is 1. The molecule has 3 N–H and O–H groups in total. The summed E-state index contributed by atoms with van der Waals surface area (Å²) >= 11 is 0. The largest absolute Gasteiger partial charge is 0.465 e. The number of anilines is 3. The van der Waals surface area contributed by atoms with E-state index in [2.05, 4.69) is 20.4 Å². The maximum atomic E-state index is 14.8. The summed E-state index contributed by atoms with van der Waals surface area (Å²) in [4.78, 5) is 34.8. The molecule has 0 unspecified atom stereocenters. The van der Waals surface area contributed by atoms with Crippen LogP contribution in [0.15, 0.2) is 24.8 Å². The number of halogens is 2. The number of fused-ring (bicyclic) bond motifs is 1. The molecule has 0 radical (unpaired) electrons. The summed E-state index contributed by atoms with van der Waals surface area (Å²) in [5.41, 5.74) is 6.14. The average molecular weight is 473 g/mol. The summed E-state index contributed by atoms with van der Waals surface area (Å²) in [7, 11) is 0. The summed E-state index contributed by atoms with van der Waals surface area (Å²) in [5.74, 6) is -2.36. The van der Waals surface area contributed by atoms with Gasteiger partial charge in [-0.3, -0.25) is 14.6 Å². The lowest BCUT2D eigenvalue weighted by Gasteiger charge is -2.33. The van der Waals surface area contributed by atoms with Gasteiger partial charge in [-0.25, -0.2) is 18.3 Å². The standard InChI is InChI=1S/C22H25F2N7O3/c1-12(2)11-34-22(33)13-3-5-30(6-4-13)18-15(24)8-26-9-16(18)28-21(32)17-19(25)29-31-10-14(23)7-27-20(17)31/h7-10,12-13H,3-6,11H2,1-2H3,(H2,25,29)(H,28,32). The maximum absolute atomic E-state index is 14.8. The molecule has 0 aromatic carbocycles. The van der Waals surface area contributed by atoms with Crippen molar-refractivity contribution < 1.29 is 23.1 Å². The van der Waals surface area contributed by atoms with Crippen molar-refractivity contribution in [3.63, 3.8) is 0 Å². The Kier molecular flexibility index (Phi) is 6.57. The smallest absolute Gasteiger partial charge is 0.309 e. The van der Waals surface area contributed by atoms with Crippen LogP contribution in [0.25, 0.3) is 5.65 Å². The Bertz CT molecular complexity index is 1220. The number of piperidine rings is 1. The van der Waals surface area contributed by atoms with Gasteiger partial charge in [-0.05, 0) is 18.8 Å². The number of amides is 1. The van der Waals surface area contributed by atoms with Gasteiger partial charge < -0.3 is 20.7 Å². The highest BCUT2D eigenvalue weighted by Crippen LogP contribution is 2.33. The maximum Gasteiger partial charge on any atom is 0.309 e. The van der Waals surface area contributed by atoms with Crippen LogP contribution < -0.4 is 16.0 Å². The molecular weight excluding hydrogens is 448 g/mol.